The average molecular weight is 531 g/mol. The molecule has 0 saturated heterocycles. The van der Waals surface area contributed by atoms with E-state index in [1.165, 1.54) is 88.0 Å². The molecule has 0 fully saturated rings. The second-order valence-electron chi connectivity index (χ2n) is 11.9. The third kappa shape index (κ3) is 5.35. The van der Waals surface area contributed by atoms with Crippen molar-refractivity contribution in [2.24, 2.45) is 0 Å². The molecule has 0 amide bonds. The normalized spacial score (nSPS) is 11.6. The molecule has 0 radical (unpaired) electrons. The van der Waals surface area contributed by atoms with Crippen molar-refractivity contribution in [3.63, 3.8) is 0 Å². The van der Waals surface area contributed by atoms with E-state index in [1.54, 1.807) is 0 Å². The maximum atomic E-state index is 2.31. The molecular formula is C41H38. The fraction of sp³-hybridized carbons (Fsp3) is 0.171. The Labute approximate surface area is 244 Å². The van der Waals surface area contributed by atoms with E-state index in [1.807, 2.05) is 0 Å². The molecule has 202 valence electrons. The van der Waals surface area contributed by atoms with Gasteiger partial charge in [0.25, 0.3) is 0 Å². The first-order valence-electron chi connectivity index (χ1n) is 14.6. The molecule has 0 spiro atoms. The van der Waals surface area contributed by atoms with E-state index in [9.17, 15) is 0 Å². The van der Waals surface area contributed by atoms with Crippen LogP contribution in [0.25, 0.3) is 43.4 Å². The molecule has 0 saturated carbocycles. The third-order valence-electron chi connectivity index (χ3n) is 8.37. The number of hydrogen-bond donors (Lipinski definition) is 0. The van der Waals surface area contributed by atoms with Crippen molar-refractivity contribution in [1.82, 2.24) is 0 Å². The van der Waals surface area contributed by atoms with Crippen molar-refractivity contribution in [2.45, 2.75) is 48.0 Å². The quantitative estimate of drug-likeness (QED) is 0.171. The molecule has 0 unspecified atom stereocenters. The average Bonchev–Trinajstić information content (AvgIpc) is 3.31. The maximum Gasteiger partial charge on any atom is -0.00133 e. The van der Waals surface area contributed by atoms with Crippen molar-refractivity contribution >= 4 is 32.3 Å². The first-order chi connectivity index (χ1) is 19.8. The van der Waals surface area contributed by atoms with Crippen LogP contribution in [0, 0.1) is 41.5 Å². The van der Waals surface area contributed by atoms with Crippen molar-refractivity contribution in [2.75, 3.05) is 0 Å². The Kier molecular flexibility index (Phi) is 7.10. The number of hydrogen-bond acceptors (Lipinski definition) is 0. The third-order valence-corrected chi connectivity index (χ3v) is 8.37. The summed E-state index contributed by atoms with van der Waals surface area (Å²) in [6, 6.07) is 40.0. The lowest BCUT2D eigenvalue weighted by Gasteiger charge is -2.12. The number of aryl methyl sites for hydroxylation is 6. The molecule has 0 N–H and O–H groups in total. The van der Waals surface area contributed by atoms with Gasteiger partial charge in [-0.2, -0.15) is 0 Å². The van der Waals surface area contributed by atoms with Crippen LogP contribution in [0.2, 0.25) is 0 Å². The molecule has 1 aliphatic carbocycles. The van der Waals surface area contributed by atoms with E-state index in [2.05, 4.69) is 151 Å². The van der Waals surface area contributed by atoms with Crippen LogP contribution in [0.4, 0.5) is 0 Å². The lowest BCUT2D eigenvalue weighted by atomic mass is 9.91. The molecule has 0 bridgehead atoms. The van der Waals surface area contributed by atoms with Gasteiger partial charge in [0.2, 0.25) is 0 Å². The van der Waals surface area contributed by atoms with E-state index in [4.69, 9.17) is 0 Å². The smallest absolute Gasteiger partial charge is 0.00133 e. The SMILES string of the molecule is Cc1cc2ccc3ccc(C)c4ccc(c1)c2c34.Cc1ccc(C)cc1.Cc1ccc2c(c1)Cc1cc(C)ccc1-2. The van der Waals surface area contributed by atoms with Crippen LogP contribution >= 0.6 is 0 Å². The van der Waals surface area contributed by atoms with E-state index < -0.39 is 0 Å². The summed E-state index contributed by atoms with van der Waals surface area (Å²) in [6.07, 6.45) is 1.11. The highest BCUT2D eigenvalue weighted by molar-refractivity contribution is 6.23. The molecule has 1 aliphatic rings. The summed E-state index contributed by atoms with van der Waals surface area (Å²) >= 11 is 0. The minimum atomic E-state index is 1.11. The van der Waals surface area contributed by atoms with Gasteiger partial charge in [-0.3, -0.25) is 0 Å². The fourth-order valence-electron chi connectivity index (χ4n) is 6.23. The zero-order valence-corrected chi connectivity index (χ0v) is 25.1. The maximum absolute atomic E-state index is 2.31. The zero-order chi connectivity index (χ0) is 28.7. The van der Waals surface area contributed by atoms with E-state index >= 15 is 0 Å². The molecule has 0 heteroatoms. The minimum Gasteiger partial charge on any atom is -0.0591 e. The van der Waals surface area contributed by atoms with Gasteiger partial charge in [-0.15, -0.1) is 0 Å². The van der Waals surface area contributed by atoms with Crippen LogP contribution in [-0.4, -0.2) is 0 Å². The predicted molar refractivity (Wildman–Crippen MR) is 180 cm³/mol. The predicted octanol–water partition coefficient (Wildman–Crippen LogP) is 11.4. The van der Waals surface area contributed by atoms with Gasteiger partial charge in [0.1, 0.15) is 0 Å². The van der Waals surface area contributed by atoms with Crippen molar-refractivity contribution < 1.29 is 0 Å². The van der Waals surface area contributed by atoms with Gasteiger partial charge in [0.05, 0.1) is 0 Å². The summed E-state index contributed by atoms with van der Waals surface area (Å²) in [7, 11) is 0. The highest BCUT2D eigenvalue weighted by Crippen LogP contribution is 2.38. The van der Waals surface area contributed by atoms with E-state index in [0.717, 1.165) is 6.42 Å². The van der Waals surface area contributed by atoms with Gasteiger partial charge in [-0.25, -0.2) is 0 Å². The lowest BCUT2D eigenvalue weighted by Crippen LogP contribution is -1.86. The Morgan fingerprint density at radius 1 is 0.366 bits per heavy atom. The Bertz CT molecular complexity index is 1910. The summed E-state index contributed by atoms with van der Waals surface area (Å²) in [4.78, 5) is 0. The van der Waals surface area contributed by atoms with Crippen LogP contribution in [-0.2, 0) is 6.42 Å². The molecule has 7 aromatic rings. The van der Waals surface area contributed by atoms with Gasteiger partial charge in [0.15, 0.2) is 0 Å². The largest absolute Gasteiger partial charge is 0.0591 e. The molecule has 0 nitrogen and oxygen atoms in total. The Balaban J connectivity index is 0.000000119. The summed E-state index contributed by atoms with van der Waals surface area (Å²) in [6.45, 7) is 12.9. The molecule has 7 aromatic carbocycles. The van der Waals surface area contributed by atoms with E-state index in [-0.39, 0.29) is 0 Å². The molecule has 0 aliphatic heterocycles. The van der Waals surface area contributed by atoms with Crippen LogP contribution in [0.5, 0.6) is 0 Å². The topological polar surface area (TPSA) is 0 Å². The first-order valence-corrected chi connectivity index (χ1v) is 14.6. The van der Waals surface area contributed by atoms with Crippen LogP contribution in [0.1, 0.15) is 44.5 Å². The summed E-state index contributed by atoms with van der Waals surface area (Å²) in [5.41, 5.74) is 13.9. The standard InChI is InChI=1S/C18H14.C15H14.C8H10/c1-11-9-14-6-5-13-4-3-12(2)16-8-7-15(10-11)17(14)18(13)16;1-10-3-5-14-12(7-10)9-13-8-11(2)4-6-15(13)14;1-7-3-5-8(2)6-4-7/h3-10H,1-2H3;3-8H,9H2,1-2H3;3-6H,1-2H3. The lowest BCUT2D eigenvalue weighted by molar-refractivity contribution is 1.24. The fourth-order valence-corrected chi connectivity index (χ4v) is 6.23. The highest BCUT2D eigenvalue weighted by Gasteiger charge is 2.17. The molecular weight excluding hydrogens is 492 g/mol. The summed E-state index contributed by atoms with van der Waals surface area (Å²) in [5.74, 6) is 0. The Morgan fingerprint density at radius 2 is 0.829 bits per heavy atom. The molecule has 0 atom stereocenters. The number of fused-ring (bicyclic) bond motifs is 3. The van der Waals surface area contributed by atoms with Crippen molar-refractivity contribution in [3.8, 4) is 11.1 Å². The number of rotatable bonds is 0. The Morgan fingerprint density at radius 3 is 1.39 bits per heavy atom. The van der Waals surface area contributed by atoms with Gasteiger partial charge < -0.3 is 0 Å². The highest BCUT2D eigenvalue weighted by atomic mass is 14.2. The van der Waals surface area contributed by atoms with Crippen LogP contribution in [0.3, 0.4) is 0 Å². The molecule has 8 rings (SSSR count). The van der Waals surface area contributed by atoms with Gasteiger partial charge >= 0.3 is 0 Å². The van der Waals surface area contributed by atoms with E-state index in [0.29, 0.717) is 0 Å². The molecule has 41 heavy (non-hydrogen) atoms. The van der Waals surface area contributed by atoms with Gasteiger partial charge in [-0.1, -0.05) is 131 Å². The molecule has 0 aromatic heterocycles. The molecule has 0 heterocycles. The second-order valence-corrected chi connectivity index (χ2v) is 11.9. The van der Waals surface area contributed by atoms with Gasteiger partial charge in [0, 0.05) is 0 Å². The van der Waals surface area contributed by atoms with Gasteiger partial charge in [-0.05, 0) is 114 Å². The second kappa shape index (κ2) is 10.9. The first kappa shape index (κ1) is 26.8. The summed E-state index contributed by atoms with van der Waals surface area (Å²) in [5, 5.41) is 8.28. The summed E-state index contributed by atoms with van der Waals surface area (Å²) < 4.78 is 0. The van der Waals surface area contributed by atoms with Crippen LogP contribution < -0.4 is 0 Å². The van der Waals surface area contributed by atoms with Crippen LogP contribution in [0.15, 0.2) is 109 Å². The zero-order valence-electron chi connectivity index (χ0n) is 25.1. The van der Waals surface area contributed by atoms with Crippen molar-refractivity contribution in [3.05, 3.63) is 154 Å². The Hall–Kier alpha value is -4.42. The minimum absolute atomic E-state index is 1.11. The van der Waals surface area contributed by atoms with Crippen molar-refractivity contribution in [1.29, 1.82) is 0 Å². The monoisotopic (exact) mass is 530 g/mol. The number of benzene rings is 7.